The van der Waals surface area contributed by atoms with Crippen molar-refractivity contribution in [2.24, 2.45) is 0 Å². The van der Waals surface area contributed by atoms with Crippen molar-refractivity contribution in [3.05, 3.63) is 130 Å². The van der Waals surface area contributed by atoms with Crippen LogP contribution in [0.4, 0.5) is 39.5 Å². The number of nitrogens with zero attached hydrogens (tertiary/aromatic N) is 1. The Morgan fingerprint density at radius 1 is 0.750 bits per heavy atom. The molecule has 1 aromatic heterocycles. The van der Waals surface area contributed by atoms with Crippen molar-refractivity contribution in [3.63, 3.8) is 0 Å². The third-order valence-electron chi connectivity index (χ3n) is 7.66. The molecule has 1 atom stereocenters. The average molecular weight is 646 g/mol. The number of benzene rings is 3. The van der Waals surface area contributed by atoms with Gasteiger partial charge >= 0.3 is 12.4 Å². The van der Waals surface area contributed by atoms with Gasteiger partial charge in [0.25, 0.3) is 5.60 Å². The molecule has 4 aromatic rings. The van der Waals surface area contributed by atoms with E-state index in [9.17, 15) is 47.9 Å². The van der Waals surface area contributed by atoms with Crippen molar-refractivity contribution in [3.8, 4) is 0 Å². The van der Waals surface area contributed by atoms with Crippen LogP contribution in [0.3, 0.4) is 0 Å². The van der Waals surface area contributed by atoms with E-state index < -0.39 is 67.7 Å². The number of alkyl halides is 6. The number of rotatable bonds is 7. The zero-order valence-corrected chi connectivity index (χ0v) is 23.0. The highest BCUT2D eigenvalue weighted by Gasteiger charge is 2.73. The van der Waals surface area contributed by atoms with Gasteiger partial charge in [-0.2, -0.15) is 26.3 Å². The summed E-state index contributed by atoms with van der Waals surface area (Å²) in [5.41, 5.74) is -7.03. The molecule has 1 aliphatic carbocycles. The quantitative estimate of drug-likeness (QED) is 0.154. The van der Waals surface area contributed by atoms with E-state index in [1.54, 1.807) is 12.1 Å². The average Bonchev–Trinajstić information content (AvgIpc) is 3.35. The van der Waals surface area contributed by atoms with E-state index in [4.69, 9.17) is 0 Å². The maximum Gasteiger partial charge on any atom is 0.430 e. The van der Waals surface area contributed by atoms with E-state index >= 15 is 0 Å². The van der Waals surface area contributed by atoms with Gasteiger partial charge in [-0.15, -0.1) is 0 Å². The molecule has 0 spiro atoms. The van der Waals surface area contributed by atoms with Crippen molar-refractivity contribution in [1.29, 1.82) is 0 Å². The molecule has 0 radical (unpaired) electrons. The molecule has 232 valence electrons. The number of hydrogen-bond donors (Lipinski definition) is 0. The van der Waals surface area contributed by atoms with Crippen LogP contribution in [0.15, 0.2) is 90.0 Å². The molecule has 14 heteroatoms. The molecule has 1 unspecified atom stereocenters. The van der Waals surface area contributed by atoms with Crippen LogP contribution in [-0.4, -0.2) is 25.8 Å². The molecule has 44 heavy (non-hydrogen) atoms. The summed E-state index contributed by atoms with van der Waals surface area (Å²) in [6, 6.07) is 11.6. The largest absolute Gasteiger partial charge is 0.430 e. The first-order chi connectivity index (χ1) is 20.5. The molecule has 3 aromatic carbocycles. The van der Waals surface area contributed by atoms with Crippen LogP contribution in [0.25, 0.3) is 0 Å². The molecule has 0 bridgehead atoms. The second kappa shape index (κ2) is 10.9. The van der Waals surface area contributed by atoms with E-state index in [0.29, 0.717) is 35.5 Å². The number of ether oxygens (including phenoxy) is 1. The van der Waals surface area contributed by atoms with Gasteiger partial charge in [0.2, 0.25) is 0 Å². The van der Waals surface area contributed by atoms with Crippen LogP contribution in [0.2, 0.25) is 0 Å². The van der Waals surface area contributed by atoms with E-state index in [1.807, 2.05) is 0 Å². The first kappa shape index (κ1) is 31.5. The normalized spacial score (nSPS) is 17.5. The van der Waals surface area contributed by atoms with E-state index in [1.165, 1.54) is 6.20 Å². The third-order valence-corrected chi connectivity index (χ3v) is 10.1. The zero-order valence-electron chi connectivity index (χ0n) is 22.2. The Labute approximate surface area is 245 Å². The van der Waals surface area contributed by atoms with Crippen LogP contribution < -0.4 is 0 Å². The minimum Gasteiger partial charge on any atom is -0.349 e. The summed E-state index contributed by atoms with van der Waals surface area (Å²) >= 11 is 0. The van der Waals surface area contributed by atoms with E-state index in [0.717, 1.165) is 42.5 Å². The third kappa shape index (κ3) is 5.03. The Hall–Kier alpha value is -3.91. The molecule has 5 rings (SSSR count). The van der Waals surface area contributed by atoms with E-state index in [-0.39, 0.29) is 23.3 Å². The van der Waals surface area contributed by atoms with Gasteiger partial charge in [-0.25, -0.2) is 21.6 Å². The van der Waals surface area contributed by atoms with Crippen molar-refractivity contribution >= 4 is 9.84 Å². The molecule has 0 amide bonds. The van der Waals surface area contributed by atoms with Crippen molar-refractivity contribution in [2.45, 2.75) is 47.0 Å². The van der Waals surface area contributed by atoms with Gasteiger partial charge in [0.15, 0.2) is 9.84 Å². The zero-order chi connectivity index (χ0) is 32.1. The molecule has 0 fully saturated rings. The number of fused-ring (bicyclic) bond motifs is 1. The van der Waals surface area contributed by atoms with Crippen molar-refractivity contribution in [2.75, 3.05) is 0 Å². The number of pyridine rings is 1. The van der Waals surface area contributed by atoms with Gasteiger partial charge in [0.05, 0.1) is 11.5 Å². The van der Waals surface area contributed by atoms with Crippen LogP contribution in [0.5, 0.6) is 0 Å². The summed E-state index contributed by atoms with van der Waals surface area (Å²) in [6.07, 6.45) is -11.5. The van der Waals surface area contributed by atoms with Gasteiger partial charge < -0.3 is 4.74 Å². The van der Waals surface area contributed by atoms with Crippen LogP contribution >= 0.6 is 0 Å². The second-order valence-corrected chi connectivity index (χ2v) is 12.4. The second-order valence-electron chi connectivity index (χ2n) is 10.2. The fourth-order valence-corrected chi connectivity index (χ4v) is 7.48. The molecule has 1 heterocycles. The fraction of sp³-hybridized carbons (Fsp3) is 0.233. The maximum atomic E-state index is 14.4. The predicted octanol–water partition coefficient (Wildman–Crippen LogP) is 7.50. The first-order valence-electron chi connectivity index (χ1n) is 12.8. The summed E-state index contributed by atoms with van der Waals surface area (Å²) < 4.78 is 159. The van der Waals surface area contributed by atoms with Crippen LogP contribution in [-0.2, 0) is 44.4 Å². The van der Waals surface area contributed by atoms with Gasteiger partial charge in [-0.1, -0.05) is 36.4 Å². The lowest BCUT2D eigenvalue weighted by atomic mass is 9.88. The molecule has 4 nitrogen and oxygen atoms in total. The Balaban J connectivity index is 1.64. The summed E-state index contributed by atoms with van der Waals surface area (Å²) in [5.74, 6) is -3.56. The number of hydrogen-bond acceptors (Lipinski definition) is 4. The van der Waals surface area contributed by atoms with Gasteiger partial charge in [0.1, 0.15) is 22.2 Å². The maximum absolute atomic E-state index is 14.4. The molecular formula is C30H20F9NO3S. The Kier molecular flexibility index (Phi) is 7.82. The summed E-state index contributed by atoms with van der Waals surface area (Å²) in [7, 11) is -4.46. The number of sulfone groups is 1. The minimum absolute atomic E-state index is 0.165. The SMILES string of the molecule is O=S(=O)(c1ccc(F)cc1)C1(c2ccc(C(OCc3c(F)cccc3F)(C(F)(F)F)C(F)(F)F)cc2)Cc2cccnc2C1. The van der Waals surface area contributed by atoms with E-state index in [2.05, 4.69) is 9.72 Å². The Morgan fingerprint density at radius 2 is 1.34 bits per heavy atom. The van der Waals surface area contributed by atoms with Gasteiger partial charge in [-0.05, 0) is 60.0 Å². The van der Waals surface area contributed by atoms with Gasteiger partial charge in [-0.3, -0.25) is 4.98 Å². The molecule has 0 saturated carbocycles. The van der Waals surface area contributed by atoms with Gasteiger partial charge in [0, 0.05) is 29.4 Å². The van der Waals surface area contributed by atoms with Crippen molar-refractivity contribution < 1.29 is 52.7 Å². The van der Waals surface area contributed by atoms with Crippen LogP contribution in [0.1, 0.15) is 27.9 Å². The lowest BCUT2D eigenvalue weighted by molar-refractivity contribution is -0.392. The highest BCUT2D eigenvalue weighted by atomic mass is 32.2. The highest BCUT2D eigenvalue weighted by molar-refractivity contribution is 7.92. The molecular weight excluding hydrogens is 625 g/mol. The summed E-state index contributed by atoms with van der Waals surface area (Å²) in [5, 5.41) is 0. The Morgan fingerprint density at radius 3 is 1.89 bits per heavy atom. The van der Waals surface area contributed by atoms with Crippen LogP contribution in [0, 0.1) is 17.5 Å². The molecule has 0 aliphatic heterocycles. The number of halogens is 9. The summed E-state index contributed by atoms with van der Waals surface area (Å²) in [6.45, 7) is -1.73. The lowest BCUT2D eigenvalue weighted by Gasteiger charge is -2.38. The monoisotopic (exact) mass is 645 g/mol. The highest BCUT2D eigenvalue weighted by Crippen LogP contribution is 2.54. The molecule has 1 aliphatic rings. The minimum atomic E-state index is -6.18. The first-order valence-corrected chi connectivity index (χ1v) is 14.3. The molecule has 0 N–H and O–H groups in total. The number of aromatic nitrogens is 1. The smallest absolute Gasteiger partial charge is 0.349 e. The topological polar surface area (TPSA) is 56.3 Å². The Bertz CT molecular complexity index is 1730. The molecule has 0 saturated heterocycles. The summed E-state index contributed by atoms with van der Waals surface area (Å²) in [4.78, 5) is 3.86. The lowest BCUT2D eigenvalue weighted by Crippen LogP contribution is -2.56. The standard InChI is InChI=1S/C30H20F9NO3S/c31-21-10-12-22(13-11-21)44(41,42)27(15-18-3-2-14-40-26(18)16-27)19-6-8-20(9-7-19)28(29(34,35)36,30(37,38)39)43-17-23-24(32)4-1-5-25(23)33/h1-14H,15-17H2. The predicted molar refractivity (Wildman–Crippen MR) is 138 cm³/mol. The fourth-order valence-electron chi connectivity index (χ4n) is 5.42. The van der Waals surface area contributed by atoms with Crippen molar-refractivity contribution in [1.82, 2.24) is 4.98 Å².